The summed E-state index contributed by atoms with van der Waals surface area (Å²) in [6, 6.07) is 23.4. The number of fused-ring (bicyclic) bond motifs is 1. The summed E-state index contributed by atoms with van der Waals surface area (Å²) >= 11 is 1.09. The largest absolute Gasteiger partial charge is 0.507 e. The van der Waals surface area contributed by atoms with E-state index in [1.165, 1.54) is 30.2 Å². The highest BCUT2D eigenvalue weighted by molar-refractivity contribution is 7.22. The summed E-state index contributed by atoms with van der Waals surface area (Å²) in [6.45, 7) is 4.01. The van der Waals surface area contributed by atoms with Crippen LogP contribution in [0.25, 0.3) is 16.0 Å². The number of Topliss-reactive ketones (excluding diaryl/α,β-unsaturated/α-hetero) is 1. The summed E-state index contributed by atoms with van der Waals surface area (Å²) in [5, 5.41) is 11.8. The van der Waals surface area contributed by atoms with Crippen molar-refractivity contribution in [1.82, 2.24) is 4.98 Å². The van der Waals surface area contributed by atoms with E-state index in [1.54, 1.807) is 24.3 Å². The zero-order valence-electron chi connectivity index (χ0n) is 23.6. The van der Waals surface area contributed by atoms with E-state index < -0.39 is 23.5 Å². The minimum absolute atomic E-state index is 0.0795. The number of halogens is 1. The molecular weight excluding hydrogens is 567 g/mol. The molecule has 1 fully saturated rings. The number of nitrogens with zero attached hydrogens (tertiary/aromatic N) is 2. The van der Waals surface area contributed by atoms with Crippen LogP contribution in [-0.4, -0.2) is 28.9 Å². The molecule has 2 heterocycles. The molecule has 1 aliphatic heterocycles. The third-order valence-corrected chi connectivity index (χ3v) is 8.40. The lowest BCUT2D eigenvalue weighted by atomic mass is 9.93. The van der Waals surface area contributed by atoms with Crippen molar-refractivity contribution in [3.63, 3.8) is 0 Å². The number of thiazole rings is 1. The maximum atomic E-state index is 14.0. The normalized spacial score (nSPS) is 16.2. The summed E-state index contributed by atoms with van der Waals surface area (Å²) in [5.41, 5.74) is 3.95. The van der Waals surface area contributed by atoms with Gasteiger partial charge in [0.15, 0.2) is 16.6 Å². The molecule has 6 rings (SSSR count). The van der Waals surface area contributed by atoms with Crippen LogP contribution in [0.4, 0.5) is 9.52 Å². The molecule has 43 heavy (non-hydrogen) atoms. The average Bonchev–Trinajstić information content (AvgIpc) is 3.54. The Morgan fingerprint density at radius 1 is 0.977 bits per heavy atom. The monoisotopic (exact) mass is 594 g/mol. The number of aliphatic hydroxyl groups is 1. The molecule has 1 N–H and O–H groups in total. The Balaban J connectivity index is 1.50. The van der Waals surface area contributed by atoms with E-state index in [9.17, 15) is 19.1 Å². The Labute approximate surface area is 251 Å². The standard InChI is InChI=1S/C34H27FN2O5S/c1-19-9-10-20(2)24(15-19)31(38)29-30(22-11-14-26(27(16-22)41-3)42-18-21-7-5-4-6-8-21)37(33(40)32(29)39)34-36-25-13-12-23(35)17-28(25)43-34/h4-17,30,38H,18H2,1-3H3. The second-order valence-corrected chi connectivity index (χ2v) is 11.3. The van der Waals surface area contributed by atoms with Crippen LogP contribution >= 0.6 is 11.3 Å². The number of carbonyl (C=O) groups excluding carboxylic acids is 2. The number of anilines is 1. The van der Waals surface area contributed by atoms with Gasteiger partial charge in [0.05, 0.1) is 28.9 Å². The van der Waals surface area contributed by atoms with E-state index in [-0.39, 0.29) is 16.5 Å². The number of hydrogen-bond donors (Lipinski definition) is 1. The number of amides is 1. The lowest BCUT2D eigenvalue weighted by Gasteiger charge is -2.24. The number of hydrogen-bond acceptors (Lipinski definition) is 7. The zero-order chi connectivity index (χ0) is 30.2. The van der Waals surface area contributed by atoms with Gasteiger partial charge in [0.25, 0.3) is 5.78 Å². The van der Waals surface area contributed by atoms with Gasteiger partial charge in [-0.15, -0.1) is 0 Å². The van der Waals surface area contributed by atoms with Crippen LogP contribution in [0.15, 0.2) is 90.5 Å². The van der Waals surface area contributed by atoms with Crippen molar-refractivity contribution in [1.29, 1.82) is 0 Å². The molecule has 1 saturated heterocycles. The SMILES string of the molecule is COc1cc(C2C(=C(O)c3cc(C)ccc3C)C(=O)C(=O)N2c2nc3ccc(F)cc3s2)ccc1OCc1ccccc1. The molecule has 1 aliphatic rings. The number of aryl methyl sites for hydroxylation is 2. The number of ether oxygens (including phenoxy) is 2. The van der Waals surface area contributed by atoms with Crippen molar-refractivity contribution in [2.75, 3.05) is 12.0 Å². The summed E-state index contributed by atoms with van der Waals surface area (Å²) in [6.07, 6.45) is 0. The second kappa shape index (κ2) is 11.3. The van der Waals surface area contributed by atoms with Gasteiger partial charge in [-0.2, -0.15) is 0 Å². The van der Waals surface area contributed by atoms with Crippen LogP contribution in [0, 0.1) is 19.7 Å². The Morgan fingerprint density at radius 2 is 1.77 bits per heavy atom. The van der Waals surface area contributed by atoms with Gasteiger partial charge in [0.1, 0.15) is 18.2 Å². The maximum absolute atomic E-state index is 14.0. The fourth-order valence-electron chi connectivity index (χ4n) is 5.18. The summed E-state index contributed by atoms with van der Waals surface area (Å²) in [7, 11) is 1.50. The average molecular weight is 595 g/mol. The first-order chi connectivity index (χ1) is 20.7. The van der Waals surface area contributed by atoms with Gasteiger partial charge in [-0.25, -0.2) is 9.37 Å². The molecule has 0 saturated carbocycles. The molecule has 7 nitrogen and oxygen atoms in total. The molecule has 1 aromatic heterocycles. The van der Waals surface area contributed by atoms with E-state index in [2.05, 4.69) is 4.98 Å². The molecule has 1 atom stereocenters. The van der Waals surface area contributed by atoms with Crippen LogP contribution in [0.2, 0.25) is 0 Å². The first-order valence-corrected chi connectivity index (χ1v) is 14.4. The van der Waals surface area contributed by atoms with E-state index >= 15 is 0 Å². The van der Waals surface area contributed by atoms with Crippen LogP contribution in [0.5, 0.6) is 11.5 Å². The molecule has 216 valence electrons. The van der Waals surface area contributed by atoms with Crippen molar-refractivity contribution in [2.24, 2.45) is 0 Å². The van der Waals surface area contributed by atoms with Crippen LogP contribution in [-0.2, 0) is 16.2 Å². The Hall–Kier alpha value is -5.02. The van der Waals surface area contributed by atoms with E-state index in [0.717, 1.165) is 28.0 Å². The Morgan fingerprint density at radius 3 is 2.53 bits per heavy atom. The Kier molecular flexibility index (Phi) is 7.41. The molecule has 1 amide bonds. The van der Waals surface area contributed by atoms with Gasteiger partial charge in [-0.05, 0) is 66.9 Å². The van der Waals surface area contributed by atoms with Crippen molar-refractivity contribution >= 4 is 44.1 Å². The van der Waals surface area contributed by atoms with Gasteiger partial charge in [-0.1, -0.05) is 65.4 Å². The number of aliphatic hydroxyl groups excluding tert-OH is 1. The fraction of sp³-hybridized carbons (Fsp3) is 0.147. The molecule has 5 aromatic rings. The van der Waals surface area contributed by atoms with Gasteiger partial charge >= 0.3 is 5.91 Å². The first-order valence-electron chi connectivity index (χ1n) is 13.5. The molecule has 0 spiro atoms. The lowest BCUT2D eigenvalue weighted by Crippen LogP contribution is -2.29. The van der Waals surface area contributed by atoms with Gasteiger partial charge < -0.3 is 14.6 Å². The molecule has 0 bridgehead atoms. The third kappa shape index (κ3) is 5.23. The van der Waals surface area contributed by atoms with Crippen LogP contribution in [0.3, 0.4) is 0 Å². The van der Waals surface area contributed by atoms with Crippen LogP contribution in [0.1, 0.15) is 33.9 Å². The summed E-state index contributed by atoms with van der Waals surface area (Å²) < 4.78 is 26.2. The topological polar surface area (TPSA) is 89.0 Å². The number of methoxy groups -OCH3 is 1. The van der Waals surface area contributed by atoms with E-state index in [4.69, 9.17) is 9.47 Å². The lowest BCUT2D eigenvalue weighted by molar-refractivity contribution is -0.132. The second-order valence-electron chi connectivity index (χ2n) is 10.3. The summed E-state index contributed by atoms with van der Waals surface area (Å²) in [4.78, 5) is 33.2. The van der Waals surface area contributed by atoms with Crippen molar-refractivity contribution in [3.05, 3.63) is 124 Å². The molecule has 0 aliphatic carbocycles. The van der Waals surface area contributed by atoms with Crippen molar-refractivity contribution < 1.29 is 28.6 Å². The fourth-order valence-corrected chi connectivity index (χ4v) is 6.20. The molecule has 1 unspecified atom stereocenters. The number of ketones is 1. The zero-order valence-corrected chi connectivity index (χ0v) is 24.4. The van der Waals surface area contributed by atoms with Crippen LogP contribution < -0.4 is 14.4 Å². The smallest absolute Gasteiger partial charge is 0.301 e. The maximum Gasteiger partial charge on any atom is 0.301 e. The predicted molar refractivity (Wildman–Crippen MR) is 164 cm³/mol. The number of aromatic nitrogens is 1. The summed E-state index contributed by atoms with van der Waals surface area (Å²) in [5.74, 6) is -1.57. The van der Waals surface area contributed by atoms with Gasteiger partial charge in [-0.3, -0.25) is 14.5 Å². The number of rotatable bonds is 7. The molecule has 4 aromatic carbocycles. The number of benzene rings is 4. The first kappa shape index (κ1) is 28.1. The highest BCUT2D eigenvalue weighted by Gasteiger charge is 2.48. The van der Waals surface area contributed by atoms with Gasteiger partial charge in [0.2, 0.25) is 0 Å². The minimum atomic E-state index is -1.04. The van der Waals surface area contributed by atoms with Crippen molar-refractivity contribution in [3.8, 4) is 11.5 Å². The Bertz CT molecular complexity index is 1920. The van der Waals surface area contributed by atoms with Gasteiger partial charge in [0, 0.05) is 5.56 Å². The molecule has 9 heteroatoms. The quantitative estimate of drug-likeness (QED) is 0.121. The number of carbonyl (C=O) groups is 2. The van der Waals surface area contributed by atoms with Crippen molar-refractivity contribution in [2.45, 2.75) is 26.5 Å². The minimum Gasteiger partial charge on any atom is -0.507 e. The highest BCUT2D eigenvalue weighted by Crippen LogP contribution is 2.46. The van der Waals surface area contributed by atoms with E-state index in [1.807, 2.05) is 56.3 Å². The molecule has 0 radical (unpaired) electrons. The van der Waals surface area contributed by atoms with E-state index in [0.29, 0.717) is 39.4 Å². The predicted octanol–water partition coefficient (Wildman–Crippen LogP) is 7.27. The molecular formula is C34H27FN2O5S. The highest BCUT2D eigenvalue weighted by atomic mass is 32.1. The third-order valence-electron chi connectivity index (χ3n) is 7.38.